The third-order valence-electron chi connectivity index (χ3n) is 6.74. The van der Waals surface area contributed by atoms with E-state index < -0.39 is 0 Å². The number of hydrogen-bond donors (Lipinski definition) is 1. The Balaban J connectivity index is 1.52. The van der Waals surface area contributed by atoms with Crippen LogP contribution in [0.3, 0.4) is 0 Å². The van der Waals surface area contributed by atoms with Crippen molar-refractivity contribution in [2.75, 3.05) is 31.5 Å². The number of hydrogen-bond acceptors (Lipinski definition) is 5. The minimum atomic E-state index is -0.251. The van der Waals surface area contributed by atoms with Crippen LogP contribution in [0, 0.1) is 5.92 Å². The van der Waals surface area contributed by atoms with E-state index in [1.807, 2.05) is 23.6 Å². The van der Waals surface area contributed by atoms with Gasteiger partial charge >= 0.3 is 0 Å². The van der Waals surface area contributed by atoms with Gasteiger partial charge in [0.15, 0.2) is 0 Å². The number of pyridine rings is 1. The Labute approximate surface area is 199 Å². The number of likely N-dealkylation sites (tertiary alicyclic amines) is 1. The number of nitrogens with one attached hydrogen (secondary N) is 1. The maximum Gasteiger partial charge on any atom is 0.257 e. The molecule has 0 aromatic carbocycles. The van der Waals surface area contributed by atoms with Crippen molar-refractivity contribution in [1.29, 1.82) is 0 Å². The van der Waals surface area contributed by atoms with Crippen LogP contribution in [-0.2, 0) is 17.6 Å². The standard InChI is InChI=1S/C25H32N4O3S/c1-3-28(4-2)24(31)17-11-14-29(15-12-17)25(32)21-19-9-5-6-10-20(19)33-23(21)27-22(30)18-8-7-13-26-16-18/h7-8,13,16-17H,3-6,9-12,14-15H2,1-2H3,(H,27,30). The SMILES string of the molecule is CCN(CC)C(=O)C1CCN(C(=O)c2c(NC(=O)c3cccnc3)sc3c2CCCC3)CC1. The molecule has 4 rings (SSSR count). The number of carbonyl (C=O) groups excluding carboxylic acids is 3. The first-order chi connectivity index (χ1) is 16.0. The number of nitrogens with zero attached hydrogens (tertiary/aromatic N) is 3. The summed E-state index contributed by atoms with van der Waals surface area (Å²) in [7, 11) is 0. The fraction of sp³-hybridized carbons (Fsp3) is 0.520. The molecule has 0 radical (unpaired) electrons. The van der Waals surface area contributed by atoms with Crippen LogP contribution >= 0.6 is 11.3 Å². The van der Waals surface area contributed by atoms with E-state index in [4.69, 9.17) is 0 Å². The van der Waals surface area contributed by atoms with Gasteiger partial charge in [-0.15, -0.1) is 11.3 Å². The van der Waals surface area contributed by atoms with Gasteiger partial charge in [-0.2, -0.15) is 0 Å². The van der Waals surface area contributed by atoms with Crippen molar-refractivity contribution in [1.82, 2.24) is 14.8 Å². The van der Waals surface area contributed by atoms with Gasteiger partial charge in [-0.25, -0.2) is 0 Å². The molecule has 0 bridgehead atoms. The topological polar surface area (TPSA) is 82.6 Å². The van der Waals surface area contributed by atoms with Crippen molar-refractivity contribution in [3.8, 4) is 0 Å². The second kappa shape index (κ2) is 10.5. The summed E-state index contributed by atoms with van der Waals surface area (Å²) in [4.78, 5) is 48.2. The number of fused-ring (bicyclic) bond motifs is 1. The third kappa shape index (κ3) is 4.95. The monoisotopic (exact) mass is 468 g/mol. The number of anilines is 1. The average molecular weight is 469 g/mol. The zero-order chi connectivity index (χ0) is 23.4. The van der Waals surface area contributed by atoms with Crippen molar-refractivity contribution in [3.63, 3.8) is 0 Å². The molecule has 1 N–H and O–H groups in total. The molecule has 2 aromatic rings. The van der Waals surface area contributed by atoms with Gasteiger partial charge in [0.25, 0.3) is 11.8 Å². The van der Waals surface area contributed by atoms with Crippen LogP contribution in [-0.4, -0.2) is 58.7 Å². The fourth-order valence-electron chi connectivity index (χ4n) is 4.83. The molecule has 2 aliphatic rings. The van der Waals surface area contributed by atoms with E-state index in [2.05, 4.69) is 10.3 Å². The first kappa shape index (κ1) is 23.4. The smallest absolute Gasteiger partial charge is 0.257 e. The van der Waals surface area contributed by atoms with Crippen LogP contribution in [0.4, 0.5) is 5.00 Å². The Kier molecular flexibility index (Phi) is 7.42. The second-order valence-corrected chi connectivity index (χ2v) is 9.79. The molecule has 3 amide bonds. The maximum absolute atomic E-state index is 13.7. The van der Waals surface area contributed by atoms with E-state index in [0.717, 1.165) is 44.3 Å². The molecule has 7 nitrogen and oxygen atoms in total. The highest BCUT2D eigenvalue weighted by Gasteiger charge is 2.33. The van der Waals surface area contributed by atoms with E-state index >= 15 is 0 Å². The molecule has 3 heterocycles. The summed E-state index contributed by atoms with van der Waals surface area (Å²) in [5.41, 5.74) is 2.22. The Morgan fingerprint density at radius 3 is 2.55 bits per heavy atom. The lowest BCUT2D eigenvalue weighted by Gasteiger charge is -2.34. The lowest BCUT2D eigenvalue weighted by Crippen LogP contribution is -2.44. The minimum Gasteiger partial charge on any atom is -0.343 e. The van der Waals surface area contributed by atoms with Crippen LogP contribution in [0.25, 0.3) is 0 Å². The molecule has 1 fully saturated rings. The lowest BCUT2D eigenvalue weighted by molar-refractivity contribution is -0.136. The number of thiophene rings is 1. The number of amides is 3. The number of aryl methyl sites for hydroxylation is 1. The van der Waals surface area contributed by atoms with Crippen LogP contribution in [0.5, 0.6) is 0 Å². The van der Waals surface area contributed by atoms with Crippen LogP contribution in [0.15, 0.2) is 24.5 Å². The van der Waals surface area contributed by atoms with Gasteiger partial charge in [-0.1, -0.05) is 0 Å². The molecular weight excluding hydrogens is 436 g/mol. The van der Waals surface area contributed by atoms with Crippen molar-refractivity contribution < 1.29 is 14.4 Å². The molecule has 1 aliphatic carbocycles. The van der Waals surface area contributed by atoms with Crippen molar-refractivity contribution in [2.24, 2.45) is 5.92 Å². The Hall–Kier alpha value is -2.74. The molecular formula is C25H32N4O3S. The second-order valence-electron chi connectivity index (χ2n) is 8.69. The molecule has 0 spiro atoms. The third-order valence-corrected chi connectivity index (χ3v) is 7.95. The lowest BCUT2D eigenvalue weighted by atomic mass is 9.92. The molecule has 1 aliphatic heterocycles. The van der Waals surface area contributed by atoms with Gasteiger partial charge < -0.3 is 15.1 Å². The summed E-state index contributed by atoms with van der Waals surface area (Å²) in [5.74, 6) is -0.0940. The van der Waals surface area contributed by atoms with Crippen LogP contribution in [0.1, 0.15) is 70.7 Å². The summed E-state index contributed by atoms with van der Waals surface area (Å²) in [6.45, 7) is 6.57. The molecule has 0 saturated carbocycles. The number of rotatable bonds is 6. The summed E-state index contributed by atoms with van der Waals surface area (Å²) in [6.07, 6.45) is 8.51. The molecule has 0 atom stereocenters. The molecule has 176 valence electrons. The largest absolute Gasteiger partial charge is 0.343 e. The fourth-order valence-corrected chi connectivity index (χ4v) is 6.11. The van der Waals surface area contributed by atoms with Crippen LogP contribution < -0.4 is 5.32 Å². The van der Waals surface area contributed by atoms with Gasteiger partial charge in [0.1, 0.15) is 5.00 Å². The highest BCUT2D eigenvalue weighted by atomic mass is 32.1. The predicted octanol–water partition coefficient (Wildman–Crippen LogP) is 3.99. The van der Waals surface area contributed by atoms with Crippen molar-refractivity contribution in [2.45, 2.75) is 52.4 Å². The first-order valence-electron chi connectivity index (χ1n) is 12.0. The van der Waals surface area contributed by atoms with E-state index in [1.54, 1.807) is 18.3 Å². The molecule has 0 unspecified atom stereocenters. The van der Waals surface area contributed by atoms with Crippen LogP contribution in [0.2, 0.25) is 0 Å². The number of piperidine rings is 1. The maximum atomic E-state index is 13.7. The summed E-state index contributed by atoms with van der Waals surface area (Å²) in [5, 5.41) is 3.63. The van der Waals surface area contributed by atoms with Gasteiger partial charge in [-0.3, -0.25) is 19.4 Å². The Bertz CT molecular complexity index is 1010. The zero-order valence-electron chi connectivity index (χ0n) is 19.4. The highest BCUT2D eigenvalue weighted by molar-refractivity contribution is 7.17. The van der Waals surface area contributed by atoms with E-state index in [-0.39, 0.29) is 23.6 Å². The molecule has 2 aromatic heterocycles. The number of aromatic nitrogens is 1. The summed E-state index contributed by atoms with van der Waals surface area (Å²) >= 11 is 1.53. The zero-order valence-corrected chi connectivity index (χ0v) is 20.2. The number of carbonyl (C=O) groups is 3. The summed E-state index contributed by atoms with van der Waals surface area (Å²) < 4.78 is 0. The average Bonchev–Trinajstić information content (AvgIpc) is 3.22. The normalized spacial score (nSPS) is 16.2. The molecule has 33 heavy (non-hydrogen) atoms. The molecule has 8 heteroatoms. The van der Waals surface area contributed by atoms with Gasteiger partial charge in [-0.05, 0) is 70.1 Å². The van der Waals surface area contributed by atoms with Crippen molar-refractivity contribution >= 4 is 34.1 Å². The minimum absolute atomic E-state index is 0.0184. The Morgan fingerprint density at radius 2 is 1.88 bits per heavy atom. The van der Waals surface area contributed by atoms with E-state index in [0.29, 0.717) is 42.1 Å². The van der Waals surface area contributed by atoms with Gasteiger partial charge in [0.2, 0.25) is 5.91 Å². The Morgan fingerprint density at radius 1 is 1.15 bits per heavy atom. The molecule has 1 saturated heterocycles. The van der Waals surface area contributed by atoms with Gasteiger partial charge in [0, 0.05) is 49.4 Å². The first-order valence-corrected chi connectivity index (χ1v) is 12.8. The van der Waals surface area contributed by atoms with Gasteiger partial charge in [0.05, 0.1) is 11.1 Å². The highest BCUT2D eigenvalue weighted by Crippen LogP contribution is 2.39. The van der Waals surface area contributed by atoms with E-state index in [9.17, 15) is 14.4 Å². The quantitative estimate of drug-likeness (QED) is 0.695. The van der Waals surface area contributed by atoms with E-state index in [1.165, 1.54) is 22.4 Å². The summed E-state index contributed by atoms with van der Waals surface area (Å²) in [6, 6.07) is 3.44. The van der Waals surface area contributed by atoms with Crippen molar-refractivity contribution in [3.05, 3.63) is 46.1 Å². The predicted molar refractivity (Wildman–Crippen MR) is 130 cm³/mol.